The van der Waals surface area contributed by atoms with Crippen LogP contribution in [0.4, 0.5) is 0 Å². The molecule has 0 saturated carbocycles. The average Bonchev–Trinajstić information content (AvgIpc) is 1.85. The molecule has 0 radical (unpaired) electrons. The van der Waals surface area contributed by atoms with Gasteiger partial charge in [0, 0.05) is 18.2 Å². The van der Waals surface area contributed by atoms with Crippen molar-refractivity contribution in [1.29, 1.82) is 0 Å². The van der Waals surface area contributed by atoms with Crippen molar-refractivity contribution in [3.63, 3.8) is 0 Å². The highest BCUT2D eigenvalue weighted by atomic mass is 14.9. The van der Waals surface area contributed by atoms with Gasteiger partial charge in [0.25, 0.3) is 0 Å². The summed E-state index contributed by atoms with van der Waals surface area (Å²) in [6, 6.07) is 0.493. The van der Waals surface area contributed by atoms with E-state index in [1.807, 2.05) is 0 Å². The Hall–Kier alpha value is -0.720. The van der Waals surface area contributed by atoms with Gasteiger partial charge in [0.15, 0.2) is 0 Å². The van der Waals surface area contributed by atoms with Crippen LogP contribution in [0.1, 0.15) is 34.1 Å². The van der Waals surface area contributed by atoms with E-state index in [0.717, 1.165) is 12.1 Å². The highest BCUT2D eigenvalue weighted by Gasteiger charge is 1.96. The zero-order chi connectivity index (χ0) is 8.85. The fourth-order valence-corrected chi connectivity index (χ4v) is 0.898. The van der Waals surface area contributed by atoms with Crippen molar-refractivity contribution in [3.8, 4) is 0 Å². The first-order chi connectivity index (χ1) is 5.06. The number of allylic oxidation sites excluding steroid dienone is 2. The molecule has 0 aromatic rings. The van der Waals surface area contributed by atoms with Crippen LogP contribution in [-0.2, 0) is 0 Å². The second-order valence-electron chi connectivity index (χ2n) is 3.21. The van der Waals surface area contributed by atoms with Crippen LogP contribution in [-0.4, -0.2) is 6.04 Å². The Morgan fingerprint density at radius 1 is 1.55 bits per heavy atom. The van der Waals surface area contributed by atoms with E-state index in [1.165, 1.54) is 5.57 Å². The quantitative estimate of drug-likeness (QED) is 0.612. The lowest BCUT2D eigenvalue weighted by molar-refractivity contribution is 0.656. The van der Waals surface area contributed by atoms with Crippen molar-refractivity contribution in [1.82, 2.24) is 5.32 Å². The van der Waals surface area contributed by atoms with Crippen molar-refractivity contribution < 1.29 is 0 Å². The number of hydrogen-bond acceptors (Lipinski definition) is 1. The third kappa shape index (κ3) is 5.71. The van der Waals surface area contributed by atoms with E-state index in [4.69, 9.17) is 0 Å². The topological polar surface area (TPSA) is 12.0 Å². The van der Waals surface area contributed by atoms with Crippen molar-refractivity contribution in [2.24, 2.45) is 0 Å². The molecule has 1 nitrogen and oxygen atoms in total. The lowest BCUT2D eigenvalue weighted by Gasteiger charge is -2.12. The minimum absolute atomic E-state index is 0.493. The Labute approximate surface area is 70.2 Å². The summed E-state index contributed by atoms with van der Waals surface area (Å²) in [5.74, 6) is 0. The van der Waals surface area contributed by atoms with Gasteiger partial charge in [-0.15, -0.1) is 0 Å². The molecule has 0 fully saturated rings. The maximum Gasteiger partial charge on any atom is 0.0201 e. The molecule has 0 spiro atoms. The van der Waals surface area contributed by atoms with Gasteiger partial charge in [-0.2, -0.15) is 0 Å². The first-order valence-corrected chi connectivity index (χ1v) is 4.12. The molecule has 1 heteroatoms. The van der Waals surface area contributed by atoms with E-state index in [1.54, 1.807) is 0 Å². The van der Waals surface area contributed by atoms with E-state index < -0.39 is 0 Å². The summed E-state index contributed by atoms with van der Waals surface area (Å²) in [6.45, 7) is 12.3. The Morgan fingerprint density at radius 3 is 2.45 bits per heavy atom. The van der Waals surface area contributed by atoms with Gasteiger partial charge in [0.1, 0.15) is 0 Å². The fourth-order valence-electron chi connectivity index (χ4n) is 0.898. The molecular formula is C10H19N. The molecule has 0 aliphatic heterocycles. The lowest BCUT2D eigenvalue weighted by atomic mass is 10.1. The Morgan fingerprint density at radius 2 is 2.09 bits per heavy atom. The summed E-state index contributed by atoms with van der Waals surface area (Å²) in [5.41, 5.74) is 2.47. The van der Waals surface area contributed by atoms with Crippen molar-refractivity contribution >= 4 is 0 Å². The monoisotopic (exact) mass is 153 g/mol. The third-order valence-electron chi connectivity index (χ3n) is 1.48. The average molecular weight is 153 g/mol. The molecule has 0 unspecified atom stereocenters. The molecule has 64 valence electrons. The fraction of sp³-hybridized carbons (Fsp3) is 0.600. The number of nitrogens with one attached hydrogen (secondary N) is 1. The second-order valence-corrected chi connectivity index (χ2v) is 3.21. The Kier molecular flexibility index (Phi) is 4.67. The SMILES string of the molecule is C=C(C/C(C)=C/C)NC(C)C. The standard InChI is InChI=1S/C10H19N/c1-6-9(4)7-10(5)11-8(2)3/h6,8,11H,5,7H2,1-4H3/b9-6+. The summed E-state index contributed by atoms with van der Waals surface area (Å²) < 4.78 is 0. The maximum absolute atomic E-state index is 3.93. The first kappa shape index (κ1) is 10.3. The third-order valence-corrected chi connectivity index (χ3v) is 1.48. The van der Waals surface area contributed by atoms with Gasteiger partial charge in [-0.25, -0.2) is 0 Å². The molecule has 0 aromatic heterocycles. The molecule has 0 atom stereocenters. The van der Waals surface area contributed by atoms with Crippen molar-refractivity contribution in [3.05, 3.63) is 23.9 Å². The molecule has 11 heavy (non-hydrogen) atoms. The predicted octanol–water partition coefficient (Wildman–Crippen LogP) is 2.85. The molecule has 0 amide bonds. The van der Waals surface area contributed by atoms with E-state index in [2.05, 4.69) is 45.7 Å². The van der Waals surface area contributed by atoms with Gasteiger partial charge in [-0.05, 0) is 27.7 Å². The van der Waals surface area contributed by atoms with Gasteiger partial charge in [-0.1, -0.05) is 18.2 Å². The summed E-state index contributed by atoms with van der Waals surface area (Å²) in [4.78, 5) is 0. The largest absolute Gasteiger partial charge is 0.386 e. The number of hydrogen-bond donors (Lipinski definition) is 1. The summed E-state index contributed by atoms with van der Waals surface area (Å²) >= 11 is 0. The van der Waals surface area contributed by atoms with Gasteiger partial charge in [0.2, 0.25) is 0 Å². The van der Waals surface area contributed by atoms with Crippen LogP contribution in [0.15, 0.2) is 23.9 Å². The lowest BCUT2D eigenvalue weighted by Crippen LogP contribution is -2.21. The zero-order valence-electron chi connectivity index (χ0n) is 8.07. The van der Waals surface area contributed by atoms with E-state index in [-0.39, 0.29) is 0 Å². The molecule has 0 aliphatic carbocycles. The van der Waals surface area contributed by atoms with Crippen LogP contribution in [0.2, 0.25) is 0 Å². The summed E-state index contributed by atoms with van der Waals surface area (Å²) in [5, 5.41) is 3.27. The molecule has 0 saturated heterocycles. The molecule has 0 aromatic carbocycles. The van der Waals surface area contributed by atoms with Gasteiger partial charge >= 0.3 is 0 Å². The van der Waals surface area contributed by atoms with Crippen LogP contribution in [0, 0.1) is 0 Å². The van der Waals surface area contributed by atoms with Crippen LogP contribution in [0.3, 0.4) is 0 Å². The predicted molar refractivity (Wildman–Crippen MR) is 51.5 cm³/mol. The van der Waals surface area contributed by atoms with Gasteiger partial charge < -0.3 is 5.32 Å². The summed E-state index contributed by atoms with van der Waals surface area (Å²) in [6.07, 6.45) is 3.09. The first-order valence-electron chi connectivity index (χ1n) is 4.12. The molecule has 0 aliphatic rings. The van der Waals surface area contributed by atoms with Crippen LogP contribution >= 0.6 is 0 Å². The van der Waals surface area contributed by atoms with Crippen molar-refractivity contribution in [2.45, 2.75) is 40.2 Å². The minimum atomic E-state index is 0.493. The normalized spacial score (nSPS) is 11.9. The van der Waals surface area contributed by atoms with E-state index >= 15 is 0 Å². The molecule has 0 rings (SSSR count). The van der Waals surface area contributed by atoms with E-state index in [9.17, 15) is 0 Å². The highest BCUT2D eigenvalue weighted by molar-refractivity contribution is 5.08. The highest BCUT2D eigenvalue weighted by Crippen LogP contribution is 2.05. The molecule has 0 heterocycles. The van der Waals surface area contributed by atoms with Crippen LogP contribution < -0.4 is 5.32 Å². The molecule has 1 N–H and O–H groups in total. The smallest absolute Gasteiger partial charge is 0.0201 e. The Balaban J connectivity index is 3.70. The van der Waals surface area contributed by atoms with Crippen molar-refractivity contribution in [2.75, 3.05) is 0 Å². The molecular weight excluding hydrogens is 134 g/mol. The minimum Gasteiger partial charge on any atom is -0.386 e. The maximum atomic E-state index is 3.93. The van der Waals surface area contributed by atoms with Gasteiger partial charge in [0.05, 0.1) is 0 Å². The van der Waals surface area contributed by atoms with Gasteiger partial charge in [-0.3, -0.25) is 0 Å². The molecule has 0 bridgehead atoms. The van der Waals surface area contributed by atoms with Crippen LogP contribution in [0.25, 0.3) is 0 Å². The zero-order valence-corrected chi connectivity index (χ0v) is 8.07. The van der Waals surface area contributed by atoms with E-state index in [0.29, 0.717) is 6.04 Å². The van der Waals surface area contributed by atoms with Crippen LogP contribution in [0.5, 0.6) is 0 Å². The second kappa shape index (κ2) is 5.00. The summed E-state index contributed by atoms with van der Waals surface area (Å²) in [7, 11) is 0. The number of rotatable bonds is 4. The Bertz CT molecular complexity index is 154.